The van der Waals surface area contributed by atoms with Crippen LogP contribution in [0.1, 0.15) is 33.6 Å². The summed E-state index contributed by atoms with van der Waals surface area (Å²) in [4.78, 5) is 40.8. The van der Waals surface area contributed by atoms with Crippen molar-refractivity contribution >= 4 is 23.1 Å². The van der Waals surface area contributed by atoms with Crippen molar-refractivity contribution in [3.05, 3.63) is 93.8 Å². The summed E-state index contributed by atoms with van der Waals surface area (Å²) >= 11 is 0. The molecule has 0 atom stereocenters. The highest BCUT2D eigenvalue weighted by Crippen LogP contribution is 2.33. The molecule has 0 radical (unpaired) electrons. The lowest BCUT2D eigenvalue weighted by Crippen LogP contribution is -2.43. The number of ketones is 1. The first-order valence-corrected chi connectivity index (χ1v) is 12.6. The fourth-order valence-corrected chi connectivity index (χ4v) is 4.73. The topological polar surface area (TPSA) is 102 Å². The fraction of sp³-hybridized carbons (Fsp3) is 0.310. The number of rotatable bonds is 10. The molecule has 1 heterocycles. The van der Waals surface area contributed by atoms with Crippen LogP contribution in [-0.4, -0.2) is 61.9 Å². The van der Waals surface area contributed by atoms with Gasteiger partial charge in [0.1, 0.15) is 17.3 Å². The Bertz CT molecular complexity index is 1320. The van der Waals surface area contributed by atoms with Crippen molar-refractivity contribution in [3.8, 4) is 11.5 Å². The van der Waals surface area contributed by atoms with Crippen molar-refractivity contribution in [1.82, 2.24) is 4.90 Å². The number of amides is 1. The zero-order valence-corrected chi connectivity index (χ0v) is 21.8. The summed E-state index contributed by atoms with van der Waals surface area (Å²) in [5.41, 5.74) is 1.27. The third-order valence-electron chi connectivity index (χ3n) is 6.97. The first-order chi connectivity index (χ1) is 18.8. The number of ether oxygens (including phenoxy) is 2. The molecule has 10 heteroatoms. The third kappa shape index (κ3) is 6.58. The lowest BCUT2D eigenvalue weighted by atomic mass is 9.89. The van der Waals surface area contributed by atoms with Crippen LogP contribution < -0.4 is 14.4 Å². The molecule has 0 unspecified atom stereocenters. The second-order valence-electron chi connectivity index (χ2n) is 9.29. The molecule has 1 fully saturated rings. The van der Waals surface area contributed by atoms with Crippen molar-refractivity contribution in [2.45, 2.75) is 12.8 Å². The van der Waals surface area contributed by atoms with Gasteiger partial charge in [0.25, 0.3) is 11.6 Å². The summed E-state index contributed by atoms with van der Waals surface area (Å²) in [6.07, 6.45) is 1.33. The summed E-state index contributed by atoms with van der Waals surface area (Å²) < 4.78 is 24.1. The third-order valence-corrected chi connectivity index (χ3v) is 6.97. The standard InChI is InChI=1S/C29H30FN3O6/c1-38-25-11-12-26(27(19-25)39-2)32(29(35)22-5-9-24(10-6-22)33(36)37)18-17-31-15-13-21(14-16-31)28(34)20-3-7-23(30)8-4-20/h3-12,19,21H,13-18H2,1-2H3. The highest BCUT2D eigenvalue weighted by Gasteiger charge is 2.28. The number of carbonyl (C=O) groups is 2. The Balaban J connectivity index is 1.48. The Kier molecular flexibility index (Phi) is 8.88. The van der Waals surface area contributed by atoms with Gasteiger partial charge < -0.3 is 19.3 Å². The molecule has 1 aliphatic heterocycles. The van der Waals surface area contributed by atoms with E-state index in [2.05, 4.69) is 4.90 Å². The molecule has 204 valence electrons. The first kappa shape index (κ1) is 27.7. The average molecular weight is 536 g/mol. The molecule has 0 spiro atoms. The van der Waals surface area contributed by atoms with Crippen LogP contribution in [0.15, 0.2) is 66.7 Å². The molecular weight excluding hydrogens is 505 g/mol. The van der Waals surface area contributed by atoms with E-state index >= 15 is 0 Å². The van der Waals surface area contributed by atoms with Gasteiger partial charge in [-0.2, -0.15) is 0 Å². The molecule has 0 saturated carbocycles. The van der Waals surface area contributed by atoms with Gasteiger partial charge in [0.15, 0.2) is 5.78 Å². The van der Waals surface area contributed by atoms with Gasteiger partial charge in [0.2, 0.25) is 0 Å². The second-order valence-corrected chi connectivity index (χ2v) is 9.29. The van der Waals surface area contributed by atoms with E-state index in [4.69, 9.17) is 9.47 Å². The number of nitro benzene ring substituents is 1. The summed E-state index contributed by atoms with van der Waals surface area (Å²) in [6, 6.07) is 16.3. The normalized spacial score (nSPS) is 14.0. The lowest BCUT2D eigenvalue weighted by Gasteiger charge is -2.33. The first-order valence-electron chi connectivity index (χ1n) is 12.6. The quantitative estimate of drug-likeness (QED) is 0.205. The highest BCUT2D eigenvalue weighted by atomic mass is 19.1. The van der Waals surface area contributed by atoms with Gasteiger partial charge in [-0.25, -0.2) is 4.39 Å². The van der Waals surface area contributed by atoms with E-state index in [9.17, 15) is 24.1 Å². The molecule has 4 rings (SSSR count). The van der Waals surface area contributed by atoms with Crippen LogP contribution in [0.4, 0.5) is 15.8 Å². The maximum Gasteiger partial charge on any atom is 0.269 e. The number of likely N-dealkylation sites (tertiary alicyclic amines) is 1. The minimum Gasteiger partial charge on any atom is -0.497 e. The molecule has 3 aromatic carbocycles. The zero-order valence-electron chi connectivity index (χ0n) is 21.8. The molecule has 3 aromatic rings. The van der Waals surface area contributed by atoms with Crippen LogP contribution in [0.3, 0.4) is 0 Å². The number of anilines is 1. The van der Waals surface area contributed by atoms with Gasteiger partial charge in [-0.1, -0.05) is 0 Å². The zero-order chi connectivity index (χ0) is 27.9. The van der Waals surface area contributed by atoms with Gasteiger partial charge in [-0.15, -0.1) is 0 Å². The van der Waals surface area contributed by atoms with E-state index in [0.717, 1.165) is 0 Å². The van der Waals surface area contributed by atoms with Crippen molar-refractivity contribution in [1.29, 1.82) is 0 Å². The average Bonchev–Trinajstić information content (AvgIpc) is 2.97. The lowest BCUT2D eigenvalue weighted by molar-refractivity contribution is -0.384. The molecule has 1 amide bonds. The SMILES string of the molecule is COc1ccc(N(CCN2CCC(C(=O)c3ccc(F)cc3)CC2)C(=O)c2ccc([N+](=O)[O-])cc2)c(OC)c1. The molecule has 39 heavy (non-hydrogen) atoms. The minimum absolute atomic E-state index is 0.0209. The number of piperidine rings is 1. The molecule has 0 bridgehead atoms. The molecule has 1 aliphatic rings. The van der Waals surface area contributed by atoms with Gasteiger partial charge in [-0.05, 0) is 74.5 Å². The highest BCUT2D eigenvalue weighted by molar-refractivity contribution is 6.07. The van der Waals surface area contributed by atoms with Gasteiger partial charge in [0.05, 0.1) is 24.8 Å². The number of carbonyl (C=O) groups excluding carboxylic acids is 2. The Labute approximate surface area is 225 Å². The van der Waals surface area contributed by atoms with E-state index in [1.165, 1.54) is 55.6 Å². The second kappa shape index (κ2) is 12.5. The summed E-state index contributed by atoms with van der Waals surface area (Å²) in [6.45, 7) is 2.23. The molecular formula is C29H30FN3O6. The molecule has 0 N–H and O–H groups in total. The van der Waals surface area contributed by atoms with Crippen molar-refractivity contribution in [2.24, 2.45) is 5.92 Å². The summed E-state index contributed by atoms with van der Waals surface area (Å²) in [5.74, 6) is 0.218. The van der Waals surface area contributed by atoms with E-state index in [1.807, 2.05) is 0 Å². The van der Waals surface area contributed by atoms with Crippen LogP contribution in [0.5, 0.6) is 11.5 Å². The molecule has 1 saturated heterocycles. The molecule has 9 nitrogen and oxygen atoms in total. The van der Waals surface area contributed by atoms with Crippen LogP contribution in [0.25, 0.3) is 0 Å². The number of Topliss-reactive ketones (excluding diaryl/α,β-unsaturated/α-hetero) is 1. The Morgan fingerprint density at radius 2 is 1.62 bits per heavy atom. The fourth-order valence-electron chi connectivity index (χ4n) is 4.73. The van der Waals surface area contributed by atoms with Crippen molar-refractivity contribution in [2.75, 3.05) is 45.3 Å². The number of hydrogen-bond acceptors (Lipinski definition) is 7. The Morgan fingerprint density at radius 3 is 2.21 bits per heavy atom. The van der Waals surface area contributed by atoms with E-state index in [1.54, 1.807) is 30.2 Å². The predicted molar refractivity (Wildman–Crippen MR) is 144 cm³/mol. The van der Waals surface area contributed by atoms with Crippen LogP contribution >= 0.6 is 0 Å². The monoisotopic (exact) mass is 535 g/mol. The smallest absolute Gasteiger partial charge is 0.269 e. The maximum atomic E-state index is 13.6. The van der Waals surface area contributed by atoms with E-state index in [-0.39, 0.29) is 29.1 Å². The summed E-state index contributed by atoms with van der Waals surface area (Å²) in [7, 11) is 3.05. The molecule has 0 aromatic heterocycles. The van der Waals surface area contributed by atoms with E-state index < -0.39 is 4.92 Å². The van der Waals surface area contributed by atoms with Gasteiger partial charge in [-0.3, -0.25) is 19.7 Å². The number of benzene rings is 3. The Hall–Kier alpha value is -4.31. The number of hydrogen-bond donors (Lipinski definition) is 0. The number of halogens is 1. The number of nitrogens with zero attached hydrogens (tertiary/aromatic N) is 3. The Morgan fingerprint density at radius 1 is 0.974 bits per heavy atom. The number of non-ortho nitro benzene ring substituents is 1. The molecule has 0 aliphatic carbocycles. The van der Waals surface area contributed by atoms with E-state index in [0.29, 0.717) is 67.3 Å². The van der Waals surface area contributed by atoms with Gasteiger partial charge in [0, 0.05) is 48.3 Å². The number of nitro groups is 1. The van der Waals surface area contributed by atoms with Gasteiger partial charge >= 0.3 is 0 Å². The minimum atomic E-state index is -0.511. The van der Waals surface area contributed by atoms with Crippen LogP contribution in [-0.2, 0) is 0 Å². The van der Waals surface area contributed by atoms with Crippen LogP contribution in [0, 0.1) is 21.8 Å². The number of methoxy groups -OCH3 is 2. The predicted octanol–water partition coefficient (Wildman–Crippen LogP) is 4.99. The summed E-state index contributed by atoms with van der Waals surface area (Å²) in [5, 5.41) is 11.1. The van der Waals surface area contributed by atoms with Crippen molar-refractivity contribution < 1.29 is 28.4 Å². The maximum absolute atomic E-state index is 13.6. The van der Waals surface area contributed by atoms with Crippen LogP contribution in [0.2, 0.25) is 0 Å². The largest absolute Gasteiger partial charge is 0.497 e. The van der Waals surface area contributed by atoms with Crippen molar-refractivity contribution in [3.63, 3.8) is 0 Å².